The Bertz CT molecular complexity index is 1090. The molecule has 2 aromatic heterocycles. The van der Waals surface area contributed by atoms with Crippen LogP contribution in [0.2, 0.25) is 0 Å². The zero-order valence-corrected chi connectivity index (χ0v) is 13.9. The van der Waals surface area contributed by atoms with Crippen molar-refractivity contribution >= 4 is 16.6 Å². The lowest BCUT2D eigenvalue weighted by atomic mass is 9.87. The fourth-order valence-corrected chi connectivity index (χ4v) is 3.76. The largest absolute Gasteiger partial charge is 0.372 e. The molecule has 0 saturated carbocycles. The van der Waals surface area contributed by atoms with Crippen molar-refractivity contribution in [2.45, 2.75) is 13.0 Å². The molecule has 5 rings (SSSR count). The van der Waals surface area contributed by atoms with E-state index in [9.17, 15) is 0 Å². The minimum absolute atomic E-state index is 0.00297. The van der Waals surface area contributed by atoms with Gasteiger partial charge in [-0.15, -0.1) is 0 Å². The fraction of sp³-hybridized carbons (Fsp3) is 0.0909. The second-order valence-corrected chi connectivity index (χ2v) is 6.39. The summed E-state index contributed by atoms with van der Waals surface area (Å²) in [7, 11) is 0. The molecule has 1 aliphatic rings. The molecule has 0 spiro atoms. The lowest BCUT2D eigenvalue weighted by Crippen LogP contribution is -2.21. The van der Waals surface area contributed by atoms with Crippen LogP contribution in [0.4, 0.5) is 5.69 Å². The normalized spacial score (nSPS) is 15.3. The zero-order valence-electron chi connectivity index (χ0n) is 13.9. The van der Waals surface area contributed by atoms with E-state index >= 15 is 0 Å². The highest BCUT2D eigenvalue weighted by molar-refractivity contribution is 5.92. The highest BCUT2D eigenvalue weighted by Crippen LogP contribution is 2.44. The summed E-state index contributed by atoms with van der Waals surface area (Å²) in [6, 6.07) is 22.8. The second-order valence-electron chi connectivity index (χ2n) is 6.39. The number of rotatable bonds is 1. The summed E-state index contributed by atoms with van der Waals surface area (Å²) in [6.07, 6.45) is 1.85. The Morgan fingerprint density at radius 1 is 0.880 bits per heavy atom. The SMILES string of the molecule is Cc1c2c(nc3ccccc13)-c1ccccc1NC2c1ccccn1. The van der Waals surface area contributed by atoms with Gasteiger partial charge in [0, 0.05) is 28.4 Å². The molecule has 3 heterocycles. The summed E-state index contributed by atoms with van der Waals surface area (Å²) >= 11 is 0. The number of benzene rings is 2. The van der Waals surface area contributed by atoms with E-state index in [1.807, 2.05) is 24.4 Å². The molecule has 0 amide bonds. The smallest absolute Gasteiger partial charge is 0.0964 e. The van der Waals surface area contributed by atoms with Crippen molar-refractivity contribution in [3.05, 3.63) is 89.7 Å². The zero-order chi connectivity index (χ0) is 16.8. The number of hydrogen-bond donors (Lipinski definition) is 1. The van der Waals surface area contributed by atoms with E-state index in [0.717, 1.165) is 28.2 Å². The van der Waals surface area contributed by atoms with Gasteiger partial charge in [0.2, 0.25) is 0 Å². The molecule has 1 N–H and O–H groups in total. The predicted molar refractivity (Wildman–Crippen MR) is 102 cm³/mol. The Morgan fingerprint density at radius 3 is 2.56 bits per heavy atom. The number of anilines is 1. The molecule has 1 unspecified atom stereocenters. The van der Waals surface area contributed by atoms with Gasteiger partial charge in [0.25, 0.3) is 0 Å². The van der Waals surface area contributed by atoms with Gasteiger partial charge in [-0.25, -0.2) is 4.98 Å². The van der Waals surface area contributed by atoms with Gasteiger partial charge in [0.05, 0.1) is 22.9 Å². The molecule has 0 bridgehead atoms. The molecule has 2 aromatic carbocycles. The Kier molecular flexibility index (Phi) is 3.07. The van der Waals surface area contributed by atoms with Crippen molar-refractivity contribution in [3.8, 4) is 11.3 Å². The standard InChI is InChI=1S/C22H17N3/c1-14-15-8-2-4-10-17(15)24-21-16-9-3-5-11-18(16)25-22(20(14)21)19-12-6-7-13-23-19/h2-13,22,25H,1H3. The van der Waals surface area contributed by atoms with Crippen LogP contribution in [0.1, 0.15) is 22.9 Å². The molecule has 120 valence electrons. The fourth-order valence-electron chi connectivity index (χ4n) is 3.76. The molecule has 25 heavy (non-hydrogen) atoms. The van der Waals surface area contributed by atoms with Crippen molar-refractivity contribution in [2.75, 3.05) is 5.32 Å². The number of para-hydroxylation sites is 2. The minimum atomic E-state index is 0.00297. The maximum absolute atomic E-state index is 5.03. The monoisotopic (exact) mass is 323 g/mol. The van der Waals surface area contributed by atoms with Gasteiger partial charge < -0.3 is 5.32 Å². The summed E-state index contributed by atoms with van der Waals surface area (Å²) in [5.41, 5.74) is 7.84. The van der Waals surface area contributed by atoms with E-state index in [-0.39, 0.29) is 6.04 Å². The number of aromatic nitrogens is 2. The van der Waals surface area contributed by atoms with Crippen molar-refractivity contribution in [2.24, 2.45) is 0 Å². The van der Waals surface area contributed by atoms with Gasteiger partial charge in [0.1, 0.15) is 0 Å². The van der Waals surface area contributed by atoms with Gasteiger partial charge in [-0.3, -0.25) is 4.98 Å². The summed E-state index contributed by atoms with van der Waals surface area (Å²) in [6.45, 7) is 2.19. The van der Waals surface area contributed by atoms with Crippen LogP contribution in [-0.2, 0) is 0 Å². The highest BCUT2D eigenvalue weighted by Gasteiger charge is 2.29. The molecule has 0 aliphatic carbocycles. The van der Waals surface area contributed by atoms with Crippen LogP contribution in [0.5, 0.6) is 0 Å². The van der Waals surface area contributed by atoms with Crippen molar-refractivity contribution < 1.29 is 0 Å². The van der Waals surface area contributed by atoms with Gasteiger partial charge in [-0.05, 0) is 36.8 Å². The first-order valence-corrected chi connectivity index (χ1v) is 8.49. The summed E-state index contributed by atoms with van der Waals surface area (Å²) in [5.74, 6) is 0. The molecule has 3 heteroatoms. The van der Waals surface area contributed by atoms with Crippen molar-refractivity contribution in [1.82, 2.24) is 9.97 Å². The van der Waals surface area contributed by atoms with Gasteiger partial charge in [0.15, 0.2) is 0 Å². The summed E-state index contributed by atoms with van der Waals surface area (Å²) in [4.78, 5) is 9.63. The van der Waals surface area contributed by atoms with Crippen molar-refractivity contribution in [3.63, 3.8) is 0 Å². The molecule has 0 saturated heterocycles. The van der Waals surface area contributed by atoms with E-state index in [4.69, 9.17) is 4.98 Å². The quantitative estimate of drug-likeness (QED) is 0.528. The molecule has 0 fully saturated rings. The number of aryl methyl sites for hydroxylation is 1. The van der Waals surface area contributed by atoms with E-state index in [2.05, 4.69) is 65.8 Å². The Labute approximate surface area is 146 Å². The van der Waals surface area contributed by atoms with Crippen LogP contribution in [0.15, 0.2) is 72.9 Å². The first kappa shape index (κ1) is 14.2. The minimum Gasteiger partial charge on any atom is -0.372 e. The van der Waals surface area contributed by atoms with Crippen LogP contribution in [0.25, 0.3) is 22.2 Å². The maximum Gasteiger partial charge on any atom is 0.0964 e. The number of nitrogens with zero attached hydrogens (tertiary/aromatic N) is 2. The van der Waals surface area contributed by atoms with Crippen LogP contribution in [-0.4, -0.2) is 9.97 Å². The summed E-state index contributed by atoms with van der Waals surface area (Å²) in [5, 5.41) is 4.87. The van der Waals surface area contributed by atoms with Crippen LogP contribution < -0.4 is 5.32 Å². The Hall–Kier alpha value is -3.20. The van der Waals surface area contributed by atoms with Gasteiger partial charge in [-0.1, -0.05) is 42.5 Å². The lowest BCUT2D eigenvalue weighted by Gasteiger charge is -2.30. The molecule has 1 aliphatic heterocycles. The number of fused-ring (bicyclic) bond motifs is 4. The van der Waals surface area contributed by atoms with E-state index < -0.39 is 0 Å². The van der Waals surface area contributed by atoms with Crippen LogP contribution >= 0.6 is 0 Å². The molecule has 4 aromatic rings. The second kappa shape index (κ2) is 5.42. The Balaban J connectivity index is 1.87. The first-order valence-electron chi connectivity index (χ1n) is 8.49. The number of nitrogens with one attached hydrogen (secondary N) is 1. The molecular formula is C22H17N3. The third kappa shape index (κ3) is 2.13. The average molecular weight is 323 g/mol. The van der Waals surface area contributed by atoms with Crippen molar-refractivity contribution in [1.29, 1.82) is 0 Å². The third-order valence-corrected chi connectivity index (χ3v) is 4.95. The third-order valence-electron chi connectivity index (χ3n) is 4.95. The van der Waals surface area contributed by atoms with Crippen LogP contribution in [0, 0.1) is 6.92 Å². The Morgan fingerprint density at radius 2 is 1.68 bits per heavy atom. The van der Waals surface area contributed by atoms with Gasteiger partial charge in [-0.2, -0.15) is 0 Å². The molecular weight excluding hydrogens is 306 g/mol. The van der Waals surface area contributed by atoms with Gasteiger partial charge >= 0.3 is 0 Å². The van der Waals surface area contributed by atoms with E-state index in [1.165, 1.54) is 16.5 Å². The van der Waals surface area contributed by atoms with E-state index in [0.29, 0.717) is 0 Å². The topological polar surface area (TPSA) is 37.8 Å². The molecule has 1 atom stereocenters. The molecule has 0 radical (unpaired) electrons. The lowest BCUT2D eigenvalue weighted by molar-refractivity contribution is 0.866. The van der Waals surface area contributed by atoms with E-state index in [1.54, 1.807) is 0 Å². The maximum atomic E-state index is 5.03. The summed E-state index contributed by atoms with van der Waals surface area (Å²) < 4.78 is 0. The first-order chi connectivity index (χ1) is 12.3. The number of hydrogen-bond acceptors (Lipinski definition) is 3. The average Bonchev–Trinajstić information content (AvgIpc) is 2.68. The van der Waals surface area contributed by atoms with Crippen LogP contribution in [0.3, 0.4) is 0 Å². The number of pyridine rings is 2. The predicted octanol–water partition coefficient (Wildman–Crippen LogP) is 5.12. The molecule has 3 nitrogen and oxygen atoms in total. The highest BCUT2D eigenvalue weighted by atomic mass is 15.0.